The molecule has 1 N–H and O–H groups in total. The molecule has 0 amide bonds. The summed E-state index contributed by atoms with van der Waals surface area (Å²) in [5.41, 5.74) is 3.09. The molecule has 0 rings (SSSR count). The lowest BCUT2D eigenvalue weighted by Gasteiger charge is -2.19. The number of allylic oxidation sites excluding steroid dienone is 1. The molecule has 0 heterocycles. The first-order valence-corrected chi connectivity index (χ1v) is 4.31. The predicted molar refractivity (Wildman–Crippen MR) is 52.6 cm³/mol. The van der Waals surface area contributed by atoms with E-state index in [1.807, 2.05) is 6.08 Å². The van der Waals surface area contributed by atoms with Crippen molar-refractivity contribution >= 4 is 0 Å². The van der Waals surface area contributed by atoms with Crippen molar-refractivity contribution in [3.05, 3.63) is 12.3 Å². The standard InChI is InChI=1S/C10H21NO/c1-9(2,3)7-8-12-11-10(4,5)6/h7-8,11H,1-6H3/b8-7-. The summed E-state index contributed by atoms with van der Waals surface area (Å²) in [6.07, 6.45) is 3.72. The van der Waals surface area contributed by atoms with Gasteiger partial charge in [0.1, 0.15) is 6.26 Å². The topological polar surface area (TPSA) is 21.3 Å². The van der Waals surface area contributed by atoms with Crippen molar-refractivity contribution in [3.63, 3.8) is 0 Å². The molecule has 12 heavy (non-hydrogen) atoms. The summed E-state index contributed by atoms with van der Waals surface area (Å²) in [4.78, 5) is 5.14. The Balaban J connectivity index is 3.64. The van der Waals surface area contributed by atoms with Gasteiger partial charge >= 0.3 is 0 Å². The summed E-state index contributed by atoms with van der Waals surface area (Å²) in [6, 6.07) is 0. The number of rotatable bonds is 2. The highest BCUT2D eigenvalue weighted by Gasteiger charge is 2.08. The van der Waals surface area contributed by atoms with E-state index in [4.69, 9.17) is 4.84 Å². The number of hydrogen-bond donors (Lipinski definition) is 1. The molecule has 0 unspecified atom stereocenters. The summed E-state index contributed by atoms with van der Waals surface area (Å²) in [5.74, 6) is 0. The zero-order chi connectivity index (χ0) is 9.83. The fourth-order valence-electron chi connectivity index (χ4n) is 0.449. The minimum Gasteiger partial charge on any atom is -0.416 e. The van der Waals surface area contributed by atoms with Gasteiger partial charge < -0.3 is 4.84 Å². The lowest BCUT2D eigenvalue weighted by Crippen LogP contribution is -2.34. The fourth-order valence-corrected chi connectivity index (χ4v) is 0.449. The second-order valence-electron chi connectivity index (χ2n) is 5.14. The minimum atomic E-state index is 0.00221. The predicted octanol–water partition coefficient (Wildman–Crippen LogP) is 2.87. The SMILES string of the molecule is CC(C)(C)/C=C\ONC(C)(C)C. The molecule has 0 aliphatic heterocycles. The van der Waals surface area contributed by atoms with Crippen molar-refractivity contribution in [3.8, 4) is 0 Å². The van der Waals surface area contributed by atoms with Gasteiger partial charge in [-0.2, -0.15) is 5.48 Å². The van der Waals surface area contributed by atoms with E-state index < -0.39 is 0 Å². The summed E-state index contributed by atoms with van der Waals surface area (Å²) in [6.45, 7) is 12.5. The van der Waals surface area contributed by atoms with Crippen LogP contribution in [0.1, 0.15) is 41.5 Å². The van der Waals surface area contributed by atoms with Crippen LogP contribution in [-0.2, 0) is 4.84 Å². The Kier molecular flexibility index (Phi) is 3.78. The van der Waals surface area contributed by atoms with Gasteiger partial charge in [-0.15, -0.1) is 0 Å². The summed E-state index contributed by atoms with van der Waals surface area (Å²) in [7, 11) is 0. The van der Waals surface area contributed by atoms with Crippen LogP contribution in [0, 0.1) is 5.41 Å². The molecule has 0 saturated heterocycles. The van der Waals surface area contributed by atoms with E-state index >= 15 is 0 Å². The third-order valence-electron chi connectivity index (χ3n) is 1.00. The lowest BCUT2D eigenvalue weighted by molar-refractivity contribution is 0.0678. The van der Waals surface area contributed by atoms with Crippen molar-refractivity contribution in [2.24, 2.45) is 5.41 Å². The third-order valence-corrected chi connectivity index (χ3v) is 1.00. The van der Waals surface area contributed by atoms with Crippen molar-refractivity contribution in [2.45, 2.75) is 47.1 Å². The normalized spacial score (nSPS) is 13.8. The van der Waals surface area contributed by atoms with Crippen LogP contribution in [-0.4, -0.2) is 5.54 Å². The van der Waals surface area contributed by atoms with Crippen molar-refractivity contribution < 1.29 is 4.84 Å². The van der Waals surface area contributed by atoms with Crippen molar-refractivity contribution in [2.75, 3.05) is 0 Å². The summed E-state index contributed by atoms with van der Waals surface area (Å²) in [5, 5.41) is 0. The fraction of sp³-hybridized carbons (Fsp3) is 0.800. The van der Waals surface area contributed by atoms with E-state index in [1.165, 1.54) is 0 Å². The minimum absolute atomic E-state index is 0.00221. The van der Waals surface area contributed by atoms with Crippen LogP contribution in [0.4, 0.5) is 0 Å². The number of hydrogen-bond acceptors (Lipinski definition) is 2. The van der Waals surface area contributed by atoms with Gasteiger partial charge in [-0.25, -0.2) is 0 Å². The van der Waals surface area contributed by atoms with E-state index in [2.05, 4.69) is 47.0 Å². The molecule has 0 fully saturated rings. The van der Waals surface area contributed by atoms with Gasteiger partial charge in [0.05, 0.1) is 0 Å². The Morgan fingerprint density at radius 2 is 1.50 bits per heavy atom. The highest BCUT2D eigenvalue weighted by Crippen LogP contribution is 2.14. The molecular weight excluding hydrogens is 150 g/mol. The van der Waals surface area contributed by atoms with Gasteiger partial charge in [0, 0.05) is 5.54 Å². The van der Waals surface area contributed by atoms with E-state index in [1.54, 1.807) is 6.26 Å². The van der Waals surface area contributed by atoms with Crippen molar-refractivity contribution in [1.29, 1.82) is 0 Å². The second kappa shape index (κ2) is 3.94. The molecule has 72 valence electrons. The van der Waals surface area contributed by atoms with Crippen LogP contribution in [0.5, 0.6) is 0 Å². The van der Waals surface area contributed by atoms with Crippen LogP contribution >= 0.6 is 0 Å². The molecule has 0 aromatic rings. The smallest absolute Gasteiger partial charge is 0.107 e. The molecule has 2 nitrogen and oxygen atoms in total. The molecular formula is C10H21NO. The van der Waals surface area contributed by atoms with E-state index in [-0.39, 0.29) is 11.0 Å². The van der Waals surface area contributed by atoms with Gasteiger partial charge in [-0.3, -0.25) is 0 Å². The maximum Gasteiger partial charge on any atom is 0.107 e. The molecule has 2 heteroatoms. The highest BCUT2D eigenvalue weighted by atomic mass is 16.6. The molecule has 0 saturated carbocycles. The van der Waals surface area contributed by atoms with E-state index in [9.17, 15) is 0 Å². The average molecular weight is 171 g/mol. The van der Waals surface area contributed by atoms with Crippen LogP contribution < -0.4 is 5.48 Å². The molecule has 0 spiro atoms. The quantitative estimate of drug-likeness (QED) is 0.509. The first-order valence-electron chi connectivity index (χ1n) is 4.31. The molecule has 0 aliphatic carbocycles. The van der Waals surface area contributed by atoms with Gasteiger partial charge in [0.15, 0.2) is 0 Å². The molecule has 0 aromatic heterocycles. The Labute approximate surface area is 76.0 Å². The molecule has 0 bridgehead atoms. The lowest BCUT2D eigenvalue weighted by atomic mass is 9.97. The molecule has 0 aliphatic rings. The van der Waals surface area contributed by atoms with Gasteiger partial charge in [0.25, 0.3) is 0 Å². The second-order valence-corrected chi connectivity index (χ2v) is 5.14. The van der Waals surface area contributed by atoms with Crippen LogP contribution in [0.15, 0.2) is 12.3 Å². The number of hydroxylamine groups is 1. The maximum atomic E-state index is 5.14. The maximum absolute atomic E-state index is 5.14. The van der Waals surface area contributed by atoms with Crippen LogP contribution in [0.3, 0.4) is 0 Å². The number of nitrogens with one attached hydrogen (secondary N) is 1. The Hall–Kier alpha value is -0.500. The Morgan fingerprint density at radius 1 is 1.00 bits per heavy atom. The molecule has 0 atom stereocenters. The van der Waals surface area contributed by atoms with E-state index in [0.717, 1.165) is 0 Å². The zero-order valence-electron chi connectivity index (χ0n) is 9.06. The van der Waals surface area contributed by atoms with Crippen LogP contribution in [0.25, 0.3) is 0 Å². The van der Waals surface area contributed by atoms with Gasteiger partial charge in [-0.05, 0) is 32.3 Å². The Morgan fingerprint density at radius 3 is 1.83 bits per heavy atom. The van der Waals surface area contributed by atoms with Crippen molar-refractivity contribution in [1.82, 2.24) is 5.48 Å². The summed E-state index contributed by atoms with van der Waals surface area (Å²) >= 11 is 0. The molecule has 0 aromatic carbocycles. The Bertz CT molecular complexity index is 148. The molecule has 0 radical (unpaired) electrons. The monoisotopic (exact) mass is 171 g/mol. The largest absolute Gasteiger partial charge is 0.416 e. The first kappa shape index (κ1) is 11.5. The summed E-state index contributed by atoms with van der Waals surface area (Å²) < 4.78 is 0. The average Bonchev–Trinajstić information content (AvgIpc) is 1.76. The van der Waals surface area contributed by atoms with Gasteiger partial charge in [0.2, 0.25) is 0 Å². The van der Waals surface area contributed by atoms with E-state index in [0.29, 0.717) is 0 Å². The first-order chi connectivity index (χ1) is 5.21. The van der Waals surface area contributed by atoms with Crippen LogP contribution in [0.2, 0.25) is 0 Å². The van der Waals surface area contributed by atoms with Gasteiger partial charge in [-0.1, -0.05) is 20.8 Å². The third kappa shape index (κ3) is 9.50. The zero-order valence-corrected chi connectivity index (χ0v) is 9.06. The highest BCUT2D eigenvalue weighted by molar-refractivity contribution is 4.87.